The lowest BCUT2D eigenvalue weighted by molar-refractivity contribution is 0.0694. The quantitative estimate of drug-likeness (QED) is 0.866. The molecule has 0 amide bonds. The van der Waals surface area contributed by atoms with Crippen molar-refractivity contribution >= 4 is 5.97 Å². The van der Waals surface area contributed by atoms with Gasteiger partial charge in [0.25, 0.3) is 0 Å². The van der Waals surface area contributed by atoms with Gasteiger partial charge in [-0.05, 0) is 44.8 Å². The fourth-order valence-electron chi connectivity index (χ4n) is 3.31. The normalized spacial score (nSPS) is 27.4. The minimum Gasteiger partial charge on any atom is -0.478 e. The van der Waals surface area contributed by atoms with Crippen molar-refractivity contribution in [3.8, 4) is 0 Å². The van der Waals surface area contributed by atoms with Gasteiger partial charge in [-0.3, -0.25) is 0 Å². The fourth-order valence-corrected chi connectivity index (χ4v) is 3.31. The van der Waals surface area contributed by atoms with E-state index >= 15 is 0 Å². The van der Waals surface area contributed by atoms with E-state index in [0.717, 1.165) is 19.0 Å². The third kappa shape index (κ3) is 2.67. The summed E-state index contributed by atoms with van der Waals surface area (Å²) in [5, 5.41) is 12.5. The van der Waals surface area contributed by atoms with Gasteiger partial charge in [-0.25, -0.2) is 4.79 Å². The highest BCUT2D eigenvalue weighted by Gasteiger charge is 2.31. The van der Waals surface area contributed by atoms with Crippen LogP contribution in [0.4, 0.5) is 0 Å². The zero-order valence-electron chi connectivity index (χ0n) is 11.0. The Morgan fingerprint density at radius 2 is 2.37 bits per heavy atom. The topological polar surface area (TPSA) is 65.7 Å². The van der Waals surface area contributed by atoms with Gasteiger partial charge in [-0.15, -0.1) is 0 Å². The van der Waals surface area contributed by atoms with E-state index in [9.17, 15) is 4.79 Å². The van der Waals surface area contributed by atoms with Gasteiger partial charge in [0.2, 0.25) is 0 Å². The lowest BCUT2D eigenvalue weighted by atomic mass is 9.97. The first-order valence-electron chi connectivity index (χ1n) is 7.01. The Morgan fingerprint density at radius 1 is 1.47 bits per heavy atom. The third-order valence-electron chi connectivity index (χ3n) is 4.35. The summed E-state index contributed by atoms with van der Waals surface area (Å²) in [5.41, 5.74) is 0.269. The van der Waals surface area contributed by atoms with Crippen LogP contribution in [0.25, 0.3) is 0 Å². The summed E-state index contributed by atoms with van der Waals surface area (Å²) in [6.45, 7) is 2.91. The van der Waals surface area contributed by atoms with Crippen LogP contribution in [0.1, 0.15) is 41.8 Å². The second kappa shape index (κ2) is 5.35. The first kappa shape index (κ1) is 12.7. The number of carboxylic acids is 1. The van der Waals surface area contributed by atoms with Crippen molar-refractivity contribution in [2.75, 3.05) is 13.1 Å². The first-order chi connectivity index (χ1) is 9.24. The number of nitrogens with one attached hydrogen (secondary N) is 1. The average molecular weight is 264 g/mol. The molecule has 0 aliphatic carbocycles. The second-order valence-electron chi connectivity index (χ2n) is 5.50. The number of nitrogens with zero attached hydrogens (tertiary/aromatic N) is 1. The van der Waals surface area contributed by atoms with E-state index in [1.165, 1.54) is 38.1 Å². The molecular formula is C14H20N2O3. The minimum atomic E-state index is -0.920. The predicted octanol–water partition coefficient (Wildman–Crippen LogP) is 1.69. The summed E-state index contributed by atoms with van der Waals surface area (Å²) in [6.07, 6.45) is 6.38. The van der Waals surface area contributed by atoms with Crippen molar-refractivity contribution in [3.05, 3.63) is 23.7 Å². The minimum absolute atomic E-state index is 0.269. The number of fused-ring (bicyclic) bond motifs is 1. The number of hydrogen-bond acceptors (Lipinski definition) is 4. The smallest absolute Gasteiger partial charge is 0.339 e. The summed E-state index contributed by atoms with van der Waals surface area (Å²) in [5.74, 6) is -0.391. The maximum absolute atomic E-state index is 11.0. The zero-order valence-corrected chi connectivity index (χ0v) is 11.0. The van der Waals surface area contributed by atoms with Gasteiger partial charge in [0.05, 0.1) is 12.8 Å². The van der Waals surface area contributed by atoms with Gasteiger partial charge < -0.3 is 19.7 Å². The molecule has 104 valence electrons. The largest absolute Gasteiger partial charge is 0.478 e. The molecule has 3 heterocycles. The summed E-state index contributed by atoms with van der Waals surface area (Å²) in [6, 6.07) is 2.71. The van der Waals surface area contributed by atoms with Crippen LogP contribution in [0.5, 0.6) is 0 Å². The van der Waals surface area contributed by atoms with E-state index in [4.69, 9.17) is 9.52 Å². The first-order valence-corrected chi connectivity index (χ1v) is 7.01. The Hall–Kier alpha value is -1.33. The molecule has 2 aliphatic heterocycles. The Labute approximate surface area is 112 Å². The summed E-state index contributed by atoms with van der Waals surface area (Å²) >= 11 is 0. The van der Waals surface area contributed by atoms with Crippen molar-refractivity contribution in [2.24, 2.45) is 0 Å². The van der Waals surface area contributed by atoms with Crippen LogP contribution in [0.3, 0.4) is 0 Å². The lowest BCUT2D eigenvalue weighted by Crippen LogP contribution is -2.45. The SMILES string of the molecule is O=C(O)c1ccoc1CNC1CCN2CCCC2C1. The molecular weight excluding hydrogens is 244 g/mol. The Balaban J connectivity index is 1.55. The van der Waals surface area contributed by atoms with Gasteiger partial charge in [-0.2, -0.15) is 0 Å². The van der Waals surface area contributed by atoms with E-state index in [0.29, 0.717) is 18.3 Å². The van der Waals surface area contributed by atoms with Crippen LogP contribution in [0.15, 0.2) is 16.7 Å². The third-order valence-corrected chi connectivity index (χ3v) is 4.35. The Morgan fingerprint density at radius 3 is 3.21 bits per heavy atom. The molecule has 0 bridgehead atoms. The highest BCUT2D eigenvalue weighted by atomic mass is 16.4. The van der Waals surface area contributed by atoms with Gasteiger partial charge in [0, 0.05) is 12.1 Å². The number of aromatic carboxylic acids is 1. The molecule has 3 rings (SSSR count). The number of piperidine rings is 1. The van der Waals surface area contributed by atoms with E-state index in [1.54, 1.807) is 0 Å². The van der Waals surface area contributed by atoms with E-state index in [-0.39, 0.29) is 5.56 Å². The molecule has 2 saturated heterocycles. The highest BCUT2D eigenvalue weighted by Crippen LogP contribution is 2.27. The molecule has 0 aromatic carbocycles. The van der Waals surface area contributed by atoms with Crippen LogP contribution in [-0.2, 0) is 6.54 Å². The molecule has 2 aliphatic rings. The van der Waals surface area contributed by atoms with Crippen molar-refractivity contribution < 1.29 is 14.3 Å². The fraction of sp³-hybridized carbons (Fsp3) is 0.643. The molecule has 19 heavy (non-hydrogen) atoms. The standard InChI is InChI=1S/C14H20N2O3/c17-14(18)12-4-7-19-13(12)9-15-10-3-6-16-5-1-2-11(16)8-10/h4,7,10-11,15H,1-3,5-6,8-9H2,(H,17,18). The van der Waals surface area contributed by atoms with E-state index < -0.39 is 5.97 Å². The van der Waals surface area contributed by atoms with E-state index in [2.05, 4.69) is 10.2 Å². The molecule has 2 fully saturated rings. The number of hydrogen-bond donors (Lipinski definition) is 2. The molecule has 2 N–H and O–H groups in total. The molecule has 5 nitrogen and oxygen atoms in total. The molecule has 2 atom stereocenters. The van der Waals surface area contributed by atoms with Crippen molar-refractivity contribution in [1.82, 2.24) is 10.2 Å². The van der Waals surface area contributed by atoms with Crippen LogP contribution in [0, 0.1) is 0 Å². The molecule has 0 saturated carbocycles. The van der Waals surface area contributed by atoms with Crippen LogP contribution in [-0.4, -0.2) is 41.1 Å². The van der Waals surface area contributed by atoms with Gasteiger partial charge in [-0.1, -0.05) is 0 Å². The van der Waals surface area contributed by atoms with Crippen LogP contribution >= 0.6 is 0 Å². The Bertz CT molecular complexity index is 457. The number of carboxylic acid groups (broad SMARTS) is 1. The summed E-state index contributed by atoms with van der Waals surface area (Å²) in [4.78, 5) is 13.6. The number of rotatable bonds is 4. The van der Waals surface area contributed by atoms with Gasteiger partial charge in [0.15, 0.2) is 0 Å². The monoisotopic (exact) mass is 264 g/mol. The second-order valence-corrected chi connectivity index (χ2v) is 5.50. The summed E-state index contributed by atoms with van der Waals surface area (Å²) < 4.78 is 5.25. The van der Waals surface area contributed by atoms with Crippen LogP contribution in [0.2, 0.25) is 0 Å². The molecule has 0 spiro atoms. The maximum Gasteiger partial charge on any atom is 0.339 e. The number of furan rings is 1. The van der Waals surface area contributed by atoms with E-state index in [1.807, 2.05) is 0 Å². The average Bonchev–Trinajstić information content (AvgIpc) is 3.04. The highest BCUT2D eigenvalue weighted by molar-refractivity contribution is 5.88. The van der Waals surface area contributed by atoms with Crippen molar-refractivity contribution in [3.63, 3.8) is 0 Å². The van der Waals surface area contributed by atoms with Gasteiger partial charge >= 0.3 is 5.97 Å². The van der Waals surface area contributed by atoms with Crippen molar-refractivity contribution in [2.45, 2.75) is 44.3 Å². The molecule has 2 unspecified atom stereocenters. The number of carbonyl (C=O) groups is 1. The molecule has 0 radical (unpaired) electrons. The molecule has 1 aromatic rings. The molecule has 5 heteroatoms. The predicted molar refractivity (Wildman–Crippen MR) is 70.1 cm³/mol. The van der Waals surface area contributed by atoms with Gasteiger partial charge in [0.1, 0.15) is 11.3 Å². The van der Waals surface area contributed by atoms with Crippen molar-refractivity contribution in [1.29, 1.82) is 0 Å². The molecule has 1 aromatic heterocycles. The summed E-state index contributed by atoms with van der Waals surface area (Å²) in [7, 11) is 0. The zero-order chi connectivity index (χ0) is 13.2. The lowest BCUT2D eigenvalue weighted by Gasteiger charge is -2.35. The van der Waals surface area contributed by atoms with Crippen LogP contribution < -0.4 is 5.32 Å². The Kier molecular flexibility index (Phi) is 3.57. The maximum atomic E-state index is 11.0.